The molecule has 0 aromatic heterocycles. The first-order chi connectivity index (χ1) is 14.0. The second-order valence-electron chi connectivity index (χ2n) is 7.13. The average Bonchev–Trinajstić information content (AvgIpc) is 2.94. The normalized spacial score (nSPS) is 16.3. The number of carbonyl (C=O) groups is 3. The van der Waals surface area contributed by atoms with E-state index < -0.39 is 5.82 Å². The van der Waals surface area contributed by atoms with Crippen LogP contribution < -0.4 is 5.32 Å². The van der Waals surface area contributed by atoms with Crippen LogP contribution in [-0.4, -0.2) is 47.7 Å². The van der Waals surface area contributed by atoms with Crippen molar-refractivity contribution in [1.29, 1.82) is 0 Å². The highest BCUT2D eigenvalue weighted by atomic mass is 19.1. The van der Waals surface area contributed by atoms with Crippen LogP contribution in [0.2, 0.25) is 0 Å². The smallest absolute Gasteiger partial charge is 0.277 e. The summed E-state index contributed by atoms with van der Waals surface area (Å²) in [4.78, 5) is 39.7. The predicted molar refractivity (Wildman–Crippen MR) is 106 cm³/mol. The molecule has 0 unspecified atom stereocenters. The van der Waals surface area contributed by atoms with Gasteiger partial charge in [0, 0.05) is 30.4 Å². The fraction of sp³-hybridized carbons (Fsp3) is 0.227. The number of rotatable bonds is 4. The van der Waals surface area contributed by atoms with Gasteiger partial charge in [-0.05, 0) is 36.6 Å². The Kier molecular flexibility index (Phi) is 4.88. The number of likely N-dealkylation sites (N-methyl/N-ethyl adjacent to an activating group) is 1. The molecule has 3 amide bonds. The fourth-order valence-corrected chi connectivity index (χ4v) is 3.77. The summed E-state index contributed by atoms with van der Waals surface area (Å²) in [5.74, 6) is -1.49. The van der Waals surface area contributed by atoms with Gasteiger partial charge in [-0.25, -0.2) is 4.39 Å². The number of benzene rings is 2. The molecule has 0 fully saturated rings. The summed E-state index contributed by atoms with van der Waals surface area (Å²) in [6, 6.07) is 13.7. The van der Waals surface area contributed by atoms with E-state index in [9.17, 15) is 18.8 Å². The van der Waals surface area contributed by atoms with Gasteiger partial charge in [0.05, 0.1) is 6.54 Å². The Bertz CT molecular complexity index is 1030. The first kappa shape index (κ1) is 18.9. The van der Waals surface area contributed by atoms with Crippen molar-refractivity contribution < 1.29 is 18.8 Å². The van der Waals surface area contributed by atoms with Crippen molar-refractivity contribution in [3.8, 4) is 11.1 Å². The molecule has 0 aliphatic carbocycles. The summed E-state index contributed by atoms with van der Waals surface area (Å²) in [6.45, 7) is 0.439. The number of anilines is 1. The molecule has 0 radical (unpaired) electrons. The minimum Gasteiger partial charge on any atom is -0.357 e. The number of nitrogens with one attached hydrogen (secondary N) is 1. The zero-order chi connectivity index (χ0) is 20.5. The molecule has 2 aromatic rings. The molecule has 0 saturated carbocycles. The summed E-state index contributed by atoms with van der Waals surface area (Å²) in [7, 11) is 1.44. The van der Waals surface area contributed by atoms with Crippen LogP contribution in [0.1, 0.15) is 12.8 Å². The van der Waals surface area contributed by atoms with Gasteiger partial charge in [0.2, 0.25) is 5.91 Å². The van der Waals surface area contributed by atoms with Crippen molar-refractivity contribution in [2.45, 2.75) is 12.8 Å². The lowest BCUT2D eigenvalue weighted by Crippen LogP contribution is -2.38. The molecule has 2 aliphatic heterocycles. The van der Waals surface area contributed by atoms with Gasteiger partial charge in [0.1, 0.15) is 11.5 Å². The Morgan fingerprint density at radius 3 is 2.59 bits per heavy atom. The SMILES string of the molecule is CN1C(=O)C2=C(C1=O)N(CC(=O)Nc1ccc(-c3ccccc3)c(F)c1)CCC2. The average molecular weight is 393 g/mol. The van der Waals surface area contributed by atoms with Crippen LogP contribution in [0.5, 0.6) is 0 Å². The van der Waals surface area contributed by atoms with Crippen LogP contribution in [0, 0.1) is 5.82 Å². The van der Waals surface area contributed by atoms with Crippen molar-refractivity contribution in [2.24, 2.45) is 0 Å². The molecule has 2 aromatic carbocycles. The maximum absolute atomic E-state index is 14.5. The fourth-order valence-electron chi connectivity index (χ4n) is 3.77. The molecule has 148 valence electrons. The first-order valence-corrected chi connectivity index (χ1v) is 9.41. The van der Waals surface area contributed by atoms with Crippen LogP contribution >= 0.6 is 0 Å². The second-order valence-corrected chi connectivity index (χ2v) is 7.13. The standard InChI is InChI=1S/C22H20FN3O3/c1-25-21(28)17-8-5-11-26(20(17)22(25)29)13-19(27)24-15-9-10-16(18(23)12-15)14-6-3-2-4-7-14/h2-4,6-7,9-10,12H,5,8,11,13H2,1H3,(H,24,27). The zero-order valence-electron chi connectivity index (χ0n) is 15.9. The molecule has 2 heterocycles. The van der Waals surface area contributed by atoms with Crippen molar-refractivity contribution >= 4 is 23.4 Å². The molecular formula is C22H20FN3O3. The van der Waals surface area contributed by atoms with E-state index in [1.165, 1.54) is 13.1 Å². The van der Waals surface area contributed by atoms with E-state index in [1.54, 1.807) is 17.0 Å². The topological polar surface area (TPSA) is 69.7 Å². The molecule has 4 rings (SSSR count). The summed E-state index contributed by atoms with van der Waals surface area (Å²) in [5, 5.41) is 2.67. The molecule has 7 heteroatoms. The van der Waals surface area contributed by atoms with Crippen LogP contribution in [0.15, 0.2) is 59.8 Å². The van der Waals surface area contributed by atoms with Gasteiger partial charge in [-0.2, -0.15) is 0 Å². The van der Waals surface area contributed by atoms with E-state index in [0.29, 0.717) is 41.9 Å². The van der Waals surface area contributed by atoms with E-state index in [1.807, 2.05) is 30.3 Å². The largest absolute Gasteiger partial charge is 0.357 e. The highest BCUT2D eigenvalue weighted by Gasteiger charge is 2.40. The molecule has 1 N–H and O–H groups in total. The Morgan fingerprint density at radius 2 is 1.86 bits per heavy atom. The molecule has 0 atom stereocenters. The molecule has 0 spiro atoms. The number of halogens is 1. The quantitative estimate of drug-likeness (QED) is 0.811. The van der Waals surface area contributed by atoms with E-state index in [0.717, 1.165) is 10.5 Å². The van der Waals surface area contributed by atoms with Crippen LogP contribution in [-0.2, 0) is 14.4 Å². The highest BCUT2D eigenvalue weighted by molar-refractivity contribution is 6.19. The van der Waals surface area contributed by atoms with Crippen molar-refractivity contribution in [1.82, 2.24) is 9.80 Å². The van der Waals surface area contributed by atoms with Gasteiger partial charge in [-0.3, -0.25) is 19.3 Å². The number of imide groups is 1. The van der Waals surface area contributed by atoms with Gasteiger partial charge in [-0.15, -0.1) is 0 Å². The van der Waals surface area contributed by atoms with E-state index in [2.05, 4.69) is 5.32 Å². The van der Waals surface area contributed by atoms with Gasteiger partial charge < -0.3 is 10.2 Å². The third-order valence-electron chi connectivity index (χ3n) is 5.20. The lowest BCUT2D eigenvalue weighted by molar-refractivity contribution is -0.136. The van der Waals surface area contributed by atoms with Crippen LogP contribution in [0.3, 0.4) is 0 Å². The zero-order valence-corrected chi connectivity index (χ0v) is 15.9. The minimum atomic E-state index is -0.435. The number of carbonyl (C=O) groups excluding carboxylic acids is 3. The maximum Gasteiger partial charge on any atom is 0.277 e. The van der Waals surface area contributed by atoms with Gasteiger partial charge in [0.15, 0.2) is 0 Å². The summed E-state index contributed by atoms with van der Waals surface area (Å²) >= 11 is 0. The Balaban J connectivity index is 1.47. The van der Waals surface area contributed by atoms with Gasteiger partial charge in [-0.1, -0.05) is 30.3 Å². The molecule has 29 heavy (non-hydrogen) atoms. The van der Waals surface area contributed by atoms with Gasteiger partial charge >= 0.3 is 0 Å². The number of amides is 3. The van der Waals surface area contributed by atoms with E-state index in [-0.39, 0.29) is 24.3 Å². The van der Waals surface area contributed by atoms with Crippen LogP contribution in [0.25, 0.3) is 11.1 Å². The van der Waals surface area contributed by atoms with Gasteiger partial charge in [0.25, 0.3) is 11.8 Å². The number of hydrogen-bond donors (Lipinski definition) is 1. The lowest BCUT2D eigenvalue weighted by atomic mass is 10.0. The van der Waals surface area contributed by atoms with Crippen molar-refractivity contribution in [2.75, 3.05) is 25.5 Å². The Labute approximate surface area is 167 Å². The number of nitrogens with zero attached hydrogens (tertiary/aromatic N) is 2. The summed E-state index contributed by atoms with van der Waals surface area (Å²) < 4.78 is 14.5. The van der Waals surface area contributed by atoms with Crippen molar-refractivity contribution in [3.05, 3.63) is 65.6 Å². The molecule has 2 aliphatic rings. The first-order valence-electron chi connectivity index (χ1n) is 9.41. The Morgan fingerprint density at radius 1 is 1.10 bits per heavy atom. The Hall–Kier alpha value is -3.48. The molecule has 0 bridgehead atoms. The lowest BCUT2D eigenvalue weighted by Gasteiger charge is -2.28. The second kappa shape index (κ2) is 7.50. The predicted octanol–water partition coefficient (Wildman–Crippen LogP) is 2.78. The van der Waals surface area contributed by atoms with Crippen molar-refractivity contribution in [3.63, 3.8) is 0 Å². The van der Waals surface area contributed by atoms with Crippen LogP contribution in [0.4, 0.5) is 10.1 Å². The molecule has 0 saturated heterocycles. The maximum atomic E-state index is 14.5. The monoisotopic (exact) mass is 393 g/mol. The van der Waals surface area contributed by atoms with E-state index in [4.69, 9.17) is 0 Å². The third-order valence-corrected chi connectivity index (χ3v) is 5.20. The number of hydrogen-bond acceptors (Lipinski definition) is 4. The summed E-state index contributed by atoms with van der Waals surface area (Å²) in [5.41, 5.74) is 2.32. The van der Waals surface area contributed by atoms with E-state index >= 15 is 0 Å². The summed E-state index contributed by atoms with van der Waals surface area (Å²) in [6.07, 6.45) is 1.23. The highest BCUT2D eigenvalue weighted by Crippen LogP contribution is 2.30. The minimum absolute atomic E-state index is 0.0756. The third kappa shape index (κ3) is 3.51. The molecule has 6 nitrogen and oxygen atoms in total. The molecular weight excluding hydrogens is 373 g/mol.